The molecule has 0 aliphatic carbocycles. The van der Waals surface area contributed by atoms with Crippen molar-refractivity contribution in [3.05, 3.63) is 44.6 Å². The van der Waals surface area contributed by atoms with E-state index in [9.17, 15) is 0 Å². The van der Waals surface area contributed by atoms with Crippen molar-refractivity contribution in [2.75, 3.05) is 25.1 Å². The van der Waals surface area contributed by atoms with Crippen LogP contribution in [-0.4, -0.2) is 36.0 Å². The standard InChI is InChI=1S/C16H13ClN2OS2.C5H11NO/c17-14-8-13(18-9-12-5-3-7-21-12)16-15(19-14)11(10-22-16)4-1-2-6-20;6-5-2-1-3-7-4-5/h3,5,7-8,10,20H,2,6,9H2,(H,18,19);5H,1-4,6H2. The third-order valence-electron chi connectivity index (χ3n) is 4.18. The van der Waals surface area contributed by atoms with E-state index in [4.69, 9.17) is 27.2 Å². The molecule has 0 spiro atoms. The number of nitrogens with zero attached hydrogens (tertiary/aromatic N) is 1. The molecule has 5 nitrogen and oxygen atoms in total. The summed E-state index contributed by atoms with van der Waals surface area (Å²) in [5, 5.41) is 16.7. The van der Waals surface area contributed by atoms with Crippen molar-refractivity contribution in [3.8, 4) is 11.8 Å². The van der Waals surface area contributed by atoms with Crippen LogP contribution in [-0.2, 0) is 11.3 Å². The number of pyridine rings is 1. The van der Waals surface area contributed by atoms with Gasteiger partial charge in [0.05, 0.1) is 29.2 Å². The van der Waals surface area contributed by atoms with Crippen LogP contribution in [0.2, 0.25) is 5.15 Å². The summed E-state index contributed by atoms with van der Waals surface area (Å²) in [5.74, 6) is 5.97. The second kappa shape index (κ2) is 11.5. The van der Waals surface area contributed by atoms with Gasteiger partial charge in [-0.05, 0) is 24.3 Å². The zero-order chi connectivity index (χ0) is 20.5. The molecule has 0 saturated carbocycles. The molecule has 0 radical (unpaired) electrons. The lowest BCUT2D eigenvalue weighted by Gasteiger charge is -2.16. The van der Waals surface area contributed by atoms with Crippen LogP contribution in [0, 0.1) is 11.8 Å². The number of aliphatic hydroxyl groups is 1. The highest BCUT2D eigenvalue weighted by Gasteiger charge is 2.10. The van der Waals surface area contributed by atoms with Gasteiger partial charge in [-0.15, -0.1) is 22.7 Å². The van der Waals surface area contributed by atoms with Crippen LogP contribution in [0.5, 0.6) is 0 Å². The van der Waals surface area contributed by atoms with Crippen molar-refractivity contribution in [2.24, 2.45) is 5.73 Å². The molecule has 154 valence electrons. The maximum absolute atomic E-state index is 8.81. The van der Waals surface area contributed by atoms with E-state index >= 15 is 0 Å². The van der Waals surface area contributed by atoms with Crippen molar-refractivity contribution in [1.82, 2.24) is 4.98 Å². The minimum Gasteiger partial charge on any atom is -0.395 e. The Balaban J connectivity index is 0.000000290. The third-order valence-corrected chi connectivity index (χ3v) is 6.25. The number of hydrogen-bond donors (Lipinski definition) is 3. The van der Waals surface area contributed by atoms with Crippen LogP contribution >= 0.6 is 34.3 Å². The SMILES string of the molecule is NC1CCCOC1.OCCC#Cc1csc2c(NCc3cccs3)cc(Cl)nc12. The minimum absolute atomic E-state index is 0.0663. The van der Waals surface area contributed by atoms with Crippen molar-refractivity contribution in [2.45, 2.75) is 31.8 Å². The van der Waals surface area contributed by atoms with Gasteiger partial charge < -0.3 is 20.9 Å². The number of aliphatic hydroxyl groups excluding tert-OH is 1. The Bertz CT molecular complexity index is 958. The average molecular weight is 450 g/mol. The summed E-state index contributed by atoms with van der Waals surface area (Å²) in [5.41, 5.74) is 8.16. The molecule has 0 amide bonds. The van der Waals surface area contributed by atoms with Crippen molar-refractivity contribution < 1.29 is 9.84 Å². The molecule has 4 rings (SSSR count). The fourth-order valence-corrected chi connectivity index (χ4v) is 4.54. The van der Waals surface area contributed by atoms with Crippen molar-refractivity contribution >= 4 is 50.2 Å². The molecule has 0 bridgehead atoms. The topological polar surface area (TPSA) is 80.4 Å². The number of anilines is 1. The molecule has 3 aromatic heterocycles. The Labute approximate surface area is 183 Å². The Hall–Kier alpha value is -1.66. The average Bonchev–Trinajstić information content (AvgIpc) is 3.38. The van der Waals surface area contributed by atoms with Crippen LogP contribution in [0.25, 0.3) is 10.2 Å². The van der Waals surface area contributed by atoms with Crippen LogP contribution in [0.3, 0.4) is 0 Å². The highest BCUT2D eigenvalue weighted by Crippen LogP contribution is 2.33. The normalized spacial score (nSPS) is 15.9. The van der Waals surface area contributed by atoms with Gasteiger partial charge >= 0.3 is 0 Å². The summed E-state index contributed by atoms with van der Waals surface area (Å²) < 4.78 is 6.11. The van der Waals surface area contributed by atoms with E-state index in [0.29, 0.717) is 17.6 Å². The van der Waals surface area contributed by atoms with E-state index in [1.54, 1.807) is 22.7 Å². The first-order valence-electron chi connectivity index (χ1n) is 9.44. The van der Waals surface area contributed by atoms with Gasteiger partial charge in [-0.25, -0.2) is 4.98 Å². The van der Waals surface area contributed by atoms with E-state index in [1.165, 1.54) is 4.88 Å². The number of hydrogen-bond acceptors (Lipinski definition) is 7. The van der Waals surface area contributed by atoms with Crippen LogP contribution < -0.4 is 11.1 Å². The second-order valence-corrected chi connectivity index (χ2v) is 8.80. The van der Waals surface area contributed by atoms with Crippen molar-refractivity contribution in [3.63, 3.8) is 0 Å². The fourth-order valence-electron chi connectivity index (χ4n) is 2.77. The summed E-state index contributed by atoms with van der Waals surface area (Å²) in [6, 6.07) is 6.29. The first-order valence-corrected chi connectivity index (χ1v) is 11.6. The first kappa shape index (κ1) is 22.0. The number of nitrogens with one attached hydrogen (secondary N) is 1. The molecule has 8 heteroatoms. The quantitative estimate of drug-likeness (QED) is 0.404. The van der Waals surface area contributed by atoms with Gasteiger partial charge in [-0.3, -0.25) is 0 Å². The van der Waals surface area contributed by atoms with Crippen LogP contribution in [0.4, 0.5) is 5.69 Å². The first-order chi connectivity index (χ1) is 14.2. The van der Waals surface area contributed by atoms with E-state index < -0.39 is 0 Å². The summed E-state index contributed by atoms with van der Waals surface area (Å²) in [6.07, 6.45) is 2.74. The van der Waals surface area contributed by atoms with Gasteiger partial charge in [0.15, 0.2) is 0 Å². The van der Waals surface area contributed by atoms with E-state index in [-0.39, 0.29) is 6.61 Å². The lowest BCUT2D eigenvalue weighted by molar-refractivity contribution is 0.0822. The molecule has 4 heterocycles. The minimum atomic E-state index is 0.0663. The highest BCUT2D eigenvalue weighted by atomic mass is 35.5. The molecular weight excluding hydrogens is 426 g/mol. The Morgan fingerprint density at radius 1 is 1.41 bits per heavy atom. The van der Waals surface area contributed by atoms with Gasteiger partial charge in [0.2, 0.25) is 0 Å². The molecule has 1 aliphatic rings. The number of ether oxygens (including phenoxy) is 1. The maximum atomic E-state index is 8.81. The number of nitrogens with two attached hydrogens (primary N) is 1. The van der Waals surface area contributed by atoms with Gasteiger partial charge in [0.1, 0.15) is 10.7 Å². The molecule has 1 unspecified atom stereocenters. The van der Waals surface area contributed by atoms with Gasteiger partial charge in [-0.1, -0.05) is 29.5 Å². The summed E-state index contributed by atoms with van der Waals surface area (Å²) in [7, 11) is 0. The van der Waals surface area contributed by atoms with Crippen LogP contribution in [0.15, 0.2) is 29.0 Å². The lowest BCUT2D eigenvalue weighted by atomic mass is 10.1. The molecule has 1 atom stereocenters. The lowest BCUT2D eigenvalue weighted by Crippen LogP contribution is -2.30. The number of halogens is 1. The predicted octanol–water partition coefficient (Wildman–Crippen LogP) is 4.48. The van der Waals surface area contributed by atoms with Crippen LogP contribution in [0.1, 0.15) is 29.7 Å². The third kappa shape index (κ3) is 6.68. The maximum Gasteiger partial charge on any atom is 0.131 e. The number of aromatic nitrogens is 1. The molecule has 1 fully saturated rings. The largest absolute Gasteiger partial charge is 0.395 e. The van der Waals surface area contributed by atoms with Gasteiger partial charge in [-0.2, -0.15) is 0 Å². The van der Waals surface area contributed by atoms with Gasteiger partial charge in [0.25, 0.3) is 0 Å². The smallest absolute Gasteiger partial charge is 0.131 e. The summed E-state index contributed by atoms with van der Waals surface area (Å²) in [4.78, 5) is 5.66. The predicted molar refractivity (Wildman–Crippen MR) is 123 cm³/mol. The summed E-state index contributed by atoms with van der Waals surface area (Å²) in [6.45, 7) is 2.50. The molecule has 1 aliphatic heterocycles. The molecule has 1 saturated heterocycles. The zero-order valence-corrected chi connectivity index (χ0v) is 18.4. The fraction of sp³-hybridized carbons (Fsp3) is 0.381. The zero-order valence-electron chi connectivity index (χ0n) is 16.0. The number of fused-ring (bicyclic) bond motifs is 1. The number of rotatable bonds is 4. The molecule has 0 aromatic carbocycles. The monoisotopic (exact) mass is 449 g/mol. The van der Waals surface area contributed by atoms with E-state index in [1.807, 2.05) is 17.5 Å². The highest BCUT2D eigenvalue weighted by molar-refractivity contribution is 7.18. The molecule has 3 aromatic rings. The van der Waals surface area contributed by atoms with E-state index in [2.05, 4.69) is 33.6 Å². The summed E-state index contributed by atoms with van der Waals surface area (Å²) >= 11 is 9.46. The number of thiophene rings is 2. The molecule has 4 N–H and O–H groups in total. The molecular formula is C21H24ClN3O2S2. The second-order valence-electron chi connectivity index (χ2n) is 6.51. The van der Waals surface area contributed by atoms with Gasteiger partial charge in [0, 0.05) is 41.9 Å². The van der Waals surface area contributed by atoms with E-state index in [0.717, 1.165) is 54.1 Å². The Morgan fingerprint density at radius 3 is 2.97 bits per heavy atom. The van der Waals surface area contributed by atoms with Crippen molar-refractivity contribution in [1.29, 1.82) is 0 Å². The Kier molecular flexibility index (Phi) is 8.74. The Morgan fingerprint density at radius 2 is 2.31 bits per heavy atom. The molecule has 29 heavy (non-hydrogen) atoms.